The Labute approximate surface area is 150 Å². The smallest absolute Gasteiger partial charge is 0.195 e. The van der Waals surface area contributed by atoms with Gasteiger partial charge in [-0.15, -0.1) is 0 Å². The summed E-state index contributed by atoms with van der Waals surface area (Å²) in [5.74, 6) is 1.84. The van der Waals surface area contributed by atoms with Crippen molar-refractivity contribution in [3.05, 3.63) is 34.8 Å². The number of nitrogens with zero attached hydrogens (tertiary/aromatic N) is 4. The van der Waals surface area contributed by atoms with E-state index in [1.807, 2.05) is 0 Å². The standard InChI is InChI=1S/C18H19ClN4O2/c1-10(24)16-6-7-17(25-16)18-20-9-13(19)14(21-18)5-4-12-8-15(23-22-12)11-2-3-11/h6-7,9,11-12,15H,2-5,8H2,1H3. The van der Waals surface area contributed by atoms with Gasteiger partial charge in [0.1, 0.15) is 0 Å². The second-order valence-electron chi connectivity index (χ2n) is 6.77. The maximum Gasteiger partial charge on any atom is 0.195 e. The van der Waals surface area contributed by atoms with Crippen molar-refractivity contribution < 1.29 is 9.21 Å². The van der Waals surface area contributed by atoms with E-state index >= 15 is 0 Å². The number of hydrogen-bond donors (Lipinski definition) is 0. The van der Waals surface area contributed by atoms with E-state index < -0.39 is 0 Å². The zero-order chi connectivity index (χ0) is 17.4. The average molecular weight is 359 g/mol. The van der Waals surface area contributed by atoms with Crippen molar-refractivity contribution in [3.8, 4) is 11.6 Å². The molecule has 0 spiro atoms. The summed E-state index contributed by atoms with van der Waals surface area (Å²) in [5.41, 5.74) is 0.775. The average Bonchev–Trinajstić information content (AvgIpc) is 3.14. The molecule has 2 aliphatic rings. The zero-order valence-electron chi connectivity index (χ0n) is 14.0. The molecule has 1 fully saturated rings. The number of hydrogen-bond acceptors (Lipinski definition) is 6. The summed E-state index contributed by atoms with van der Waals surface area (Å²) >= 11 is 6.25. The predicted molar refractivity (Wildman–Crippen MR) is 92.8 cm³/mol. The second-order valence-corrected chi connectivity index (χ2v) is 7.18. The molecule has 3 heterocycles. The Kier molecular flexibility index (Phi) is 4.37. The van der Waals surface area contributed by atoms with Gasteiger partial charge in [-0.05, 0) is 50.2 Å². The highest BCUT2D eigenvalue weighted by Crippen LogP contribution is 2.39. The number of rotatable bonds is 6. The topological polar surface area (TPSA) is 80.7 Å². The number of azo groups is 1. The molecule has 0 bridgehead atoms. The zero-order valence-corrected chi connectivity index (χ0v) is 14.7. The quantitative estimate of drug-likeness (QED) is 0.710. The second kappa shape index (κ2) is 6.67. The Morgan fingerprint density at radius 2 is 2.16 bits per heavy atom. The fraction of sp³-hybridized carbons (Fsp3) is 0.500. The summed E-state index contributed by atoms with van der Waals surface area (Å²) in [5, 5.41) is 9.36. The summed E-state index contributed by atoms with van der Waals surface area (Å²) in [6.45, 7) is 1.46. The molecule has 1 aliphatic heterocycles. The molecule has 1 saturated carbocycles. The maximum absolute atomic E-state index is 11.4. The molecule has 7 heteroatoms. The molecule has 0 N–H and O–H groups in total. The first kappa shape index (κ1) is 16.4. The number of carbonyl (C=O) groups is 1. The number of aryl methyl sites for hydroxylation is 1. The fourth-order valence-corrected chi connectivity index (χ4v) is 3.33. The molecular weight excluding hydrogens is 340 g/mol. The van der Waals surface area contributed by atoms with Crippen LogP contribution in [0.15, 0.2) is 33.0 Å². The number of Topliss-reactive ketones (excluding diaryl/α,β-unsaturated/α-hetero) is 1. The Hall–Kier alpha value is -2.08. The lowest BCUT2D eigenvalue weighted by Crippen LogP contribution is -2.11. The largest absolute Gasteiger partial charge is 0.450 e. The fourth-order valence-electron chi connectivity index (χ4n) is 3.14. The van der Waals surface area contributed by atoms with E-state index in [1.165, 1.54) is 19.8 Å². The summed E-state index contributed by atoms with van der Waals surface area (Å²) in [6, 6.07) is 4.02. The third-order valence-electron chi connectivity index (χ3n) is 4.76. The Bertz CT molecular complexity index is 828. The molecule has 4 rings (SSSR count). The Balaban J connectivity index is 1.44. The highest BCUT2D eigenvalue weighted by Gasteiger charge is 2.35. The molecular formula is C18H19ClN4O2. The van der Waals surface area contributed by atoms with E-state index in [1.54, 1.807) is 18.3 Å². The van der Waals surface area contributed by atoms with Crippen LogP contribution >= 0.6 is 11.6 Å². The molecule has 0 radical (unpaired) electrons. The SMILES string of the molecule is CC(=O)c1ccc(-c2ncc(Cl)c(CCC3CC(C4CC4)N=N3)n2)o1. The van der Waals surface area contributed by atoms with Crippen LogP contribution in [0.2, 0.25) is 5.02 Å². The Morgan fingerprint density at radius 3 is 2.88 bits per heavy atom. The van der Waals surface area contributed by atoms with Gasteiger partial charge in [0.05, 0.1) is 22.8 Å². The predicted octanol–water partition coefficient (Wildman–Crippen LogP) is 4.53. The number of furan rings is 1. The van der Waals surface area contributed by atoms with Gasteiger partial charge < -0.3 is 4.42 Å². The van der Waals surface area contributed by atoms with Crippen LogP contribution in [-0.2, 0) is 6.42 Å². The van der Waals surface area contributed by atoms with Gasteiger partial charge in [0.15, 0.2) is 23.1 Å². The van der Waals surface area contributed by atoms with Crippen LogP contribution < -0.4 is 0 Å². The van der Waals surface area contributed by atoms with Gasteiger partial charge >= 0.3 is 0 Å². The molecule has 2 aromatic heterocycles. The normalized spacial score (nSPS) is 22.5. The summed E-state index contributed by atoms with van der Waals surface area (Å²) in [4.78, 5) is 20.1. The van der Waals surface area contributed by atoms with Gasteiger partial charge in [0.25, 0.3) is 0 Å². The van der Waals surface area contributed by atoms with Crippen molar-refractivity contribution in [2.24, 2.45) is 16.1 Å². The van der Waals surface area contributed by atoms with Gasteiger partial charge in [0, 0.05) is 13.1 Å². The van der Waals surface area contributed by atoms with E-state index in [0.29, 0.717) is 28.4 Å². The van der Waals surface area contributed by atoms with Crippen molar-refractivity contribution >= 4 is 17.4 Å². The lowest BCUT2D eigenvalue weighted by molar-refractivity contribution is 0.0988. The van der Waals surface area contributed by atoms with Crippen molar-refractivity contribution in [2.45, 2.75) is 51.1 Å². The first-order valence-electron chi connectivity index (χ1n) is 8.62. The highest BCUT2D eigenvalue weighted by atomic mass is 35.5. The van der Waals surface area contributed by atoms with E-state index in [9.17, 15) is 4.79 Å². The van der Waals surface area contributed by atoms with E-state index in [0.717, 1.165) is 30.9 Å². The van der Waals surface area contributed by atoms with Crippen LogP contribution in [0.25, 0.3) is 11.6 Å². The summed E-state index contributed by atoms with van der Waals surface area (Å²) in [6.07, 6.45) is 6.81. The number of carbonyl (C=O) groups excluding carboxylic acids is 1. The molecule has 130 valence electrons. The molecule has 1 aliphatic carbocycles. The molecule has 0 aromatic carbocycles. The van der Waals surface area contributed by atoms with Crippen LogP contribution in [0.1, 0.15) is 48.9 Å². The maximum atomic E-state index is 11.4. The molecule has 2 aromatic rings. The van der Waals surface area contributed by atoms with Crippen molar-refractivity contribution in [1.29, 1.82) is 0 Å². The third-order valence-corrected chi connectivity index (χ3v) is 5.08. The molecule has 2 unspecified atom stereocenters. The minimum atomic E-state index is -0.128. The van der Waals surface area contributed by atoms with Crippen LogP contribution in [0.3, 0.4) is 0 Å². The lowest BCUT2D eigenvalue weighted by Gasteiger charge is -2.08. The number of halogens is 1. The monoisotopic (exact) mass is 358 g/mol. The summed E-state index contributed by atoms with van der Waals surface area (Å²) in [7, 11) is 0. The van der Waals surface area contributed by atoms with Crippen molar-refractivity contribution in [3.63, 3.8) is 0 Å². The van der Waals surface area contributed by atoms with Crippen LogP contribution in [0.4, 0.5) is 0 Å². The molecule has 0 saturated heterocycles. The molecule has 6 nitrogen and oxygen atoms in total. The molecule has 2 atom stereocenters. The number of aromatic nitrogens is 2. The highest BCUT2D eigenvalue weighted by molar-refractivity contribution is 6.31. The minimum Gasteiger partial charge on any atom is -0.450 e. The summed E-state index contributed by atoms with van der Waals surface area (Å²) < 4.78 is 5.50. The van der Waals surface area contributed by atoms with Crippen molar-refractivity contribution in [1.82, 2.24) is 9.97 Å². The van der Waals surface area contributed by atoms with E-state index in [2.05, 4.69) is 20.2 Å². The number of ketones is 1. The van der Waals surface area contributed by atoms with Gasteiger partial charge in [-0.2, -0.15) is 10.2 Å². The third kappa shape index (κ3) is 3.63. The molecule has 25 heavy (non-hydrogen) atoms. The van der Waals surface area contributed by atoms with Crippen LogP contribution in [-0.4, -0.2) is 27.8 Å². The van der Waals surface area contributed by atoms with Gasteiger partial charge in [-0.1, -0.05) is 11.6 Å². The molecule has 0 amide bonds. The van der Waals surface area contributed by atoms with E-state index in [-0.39, 0.29) is 11.8 Å². The van der Waals surface area contributed by atoms with Crippen LogP contribution in [0.5, 0.6) is 0 Å². The first-order chi connectivity index (χ1) is 12.1. The van der Waals surface area contributed by atoms with Crippen molar-refractivity contribution in [2.75, 3.05) is 0 Å². The van der Waals surface area contributed by atoms with Gasteiger partial charge in [-0.25, -0.2) is 9.97 Å². The van der Waals surface area contributed by atoms with Crippen LogP contribution in [0, 0.1) is 5.92 Å². The van der Waals surface area contributed by atoms with Gasteiger partial charge in [0.2, 0.25) is 0 Å². The van der Waals surface area contributed by atoms with Gasteiger partial charge in [-0.3, -0.25) is 4.79 Å². The Morgan fingerprint density at radius 1 is 1.32 bits per heavy atom. The first-order valence-corrected chi connectivity index (χ1v) is 9.00. The minimum absolute atomic E-state index is 0.128. The van der Waals surface area contributed by atoms with E-state index in [4.69, 9.17) is 16.0 Å². The lowest BCUT2D eigenvalue weighted by atomic mass is 10.0.